The highest BCUT2D eigenvalue weighted by atomic mass is 35.5. The van der Waals surface area contributed by atoms with Crippen molar-refractivity contribution in [3.63, 3.8) is 0 Å². The maximum atomic E-state index is 11.9. The number of benzene rings is 1. The van der Waals surface area contributed by atoms with Crippen LogP contribution in [-0.4, -0.2) is 22.9 Å². The Bertz CT molecular complexity index is 728. The zero-order valence-electron chi connectivity index (χ0n) is 13.8. The number of anilines is 1. The molecule has 2 aromatic rings. The first-order valence-electron chi connectivity index (χ1n) is 7.54. The Hall–Kier alpha value is -2.01. The lowest BCUT2D eigenvalue weighted by Gasteiger charge is -2.24. The van der Waals surface area contributed by atoms with Gasteiger partial charge in [0.05, 0.1) is 19.0 Å². The largest absolute Gasteiger partial charge is 0.496 e. The van der Waals surface area contributed by atoms with Crippen LogP contribution in [-0.2, 0) is 13.5 Å². The molecule has 0 saturated carbocycles. The third kappa shape index (κ3) is 4.05. The van der Waals surface area contributed by atoms with Gasteiger partial charge < -0.3 is 10.1 Å². The molecule has 0 radical (unpaired) electrons. The first kappa shape index (κ1) is 17.3. The molecule has 0 amide bonds. The van der Waals surface area contributed by atoms with E-state index in [0.717, 1.165) is 17.7 Å². The molecule has 1 atom stereocenters. The van der Waals surface area contributed by atoms with Gasteiger partial charge in [-0.15, -0.1) is 0 Å². The van der Waals surface area contributed by atoms with Crippen LogP contribution in [0, 0.1) is 5.92 Å². The van der Waals surface area contributed by atoms with Crippen molar-refractivity contribution < 1.29 is 4.74 Å². The number of nitrogens with one attached hydrogen (secondary N) is 1. The summed E-state index contributed by atoms with van der Waals surface area (Å²) in [6.07, 6.45) is 2.34. The third-order valence-corrected chi connectivity index (χ3v) is 4.22. The Morgan fingerprint density at radius 2 is 2.04 bits per heavy atom. The molecule has 0 saturated heterocycles. The molecule has 2 rings (SSSR count). The summed E-state index contributed by atoms with van der Waals surface area (Å²) in [5, 5.41) is 7.54. The van der Waals surface area contributed by atoms with Gasteiger partial charge in [-0.25, -0.2) is 4.68 Å². The fraction of sp³-hybridized carbons (Fsp3) is 0.412. The number of ether oxygens (including phenoxy) is 1. The predicted molar refractivity (Wildman–Crippen MR) is 93.4 cm³/mol. The number of methoxy groups -OCH3 is 1. The molecule has 0 fully saturated rings. The maximum Gasteiger partial charge on any atom is 0.287 e. The van der Waals surface area contributed by atoms with Crippen molar-refractivity contribution in [3.8, 4) is 5.75 Å². The van der Waals surface area contributed by atoms with E-state index in [1.807, 2.05) is 24.3 Å². The maximum absolute atomic E-state index is 11.9. The lowest BCUT2D eigenvalue weighted by molar-refractivity contribution is 0.405. The van der Waals surface area contributed by atoms with Crippen molar-refractivity contribution in [1.82, 2.24) is 9.78 Å². The lowest BCUT2D eigenvalue weighted by atomic mass is 9.95. The molecule has 1 aromatic heterocycles. The number of nitrogens with zero attached hydrogens (tertiary/aromatic N) is 2. The van der Waals surface area contributed by atoms with Gasteiger partial charge in [0, 0.05) is 13.1 Å². The predicted octanol–water partition coefficient (Wildman–Crippen LogP) is 3.12. The highest BCUT2D eigenvalue weighted by Crippen LogP contribution is 2.24. The second-order valence-corrected chi connectivity index (χ2v) is 6.19. The Balaban J connectivity index is 2.26. The molecular formula is C17H22ClN3O2. The fourth-order valence-corrected chi connectivity index (χ4v) is 2.60. The quantitative estimate of drug-likeness (QED) is 0.881. The molecule has 0 bridgehead atoms. The van der Waals surface area contributed by atoms with E-state index >= 15 is 0 Å². The van der Waals surface area contributed by atoms with Crippen molar-refractivity contribution in [2.75, 3.05) is 12.4 Å². The molecule has 5 nitrogen and oxygen atoms in total. The van der Waals surface area contributed by atoms with Crippen LogP contribution in [0.25, 0.3) is 0 Å². The number of rotatable bonds is 6. The van der Waals surface area contributed by atoms with Crippen molar-refractivity contribution in [2.45, 2.75) is 26.3 Å². The van der Waals surface area contributed by atoms with Gasteiger partial charge in [-0.1, -0.05) is 43.6 Å². The van der Waals surface area contributed by atoms with Gasteiger partial charge in [-0.3, -0.25) is 4.79 Å². The van der Waals surface area contributed by atoms with Gasteiger partial charge in [0.15, 0.2) is 0 Å². The van der Waals surface area contributed by atoms with Crippen LogP contribution in [0.15, 0.2) is 35.3 Å². The zero-order chi connectivity index (χ0) is 17.0. The van der Waals surface area contributed by atoms with Gasteiger partial charge in [0.1, 0.15) is 10.8 Å². The number of hydrogen-bond donors (Lipinski definition) is 1. The van der Waals surface area contributed by atoms with Gasteiger partial charge in [0.25, 0.3) is 5.56 Å². The Morgan fingerprint density at radius 1 is 1.35 bits per heavy atom. The molecule has 6 heteroatoms. The zero-order valence-corrected chi connectivity index (χ0v) is 14.6. The van der Waals surface area contributed by atoms with Crippen LogP contribution in [0.5, 0.6) is 5.75 Å². The topological polar surface area (TPSA) is 56.1 Å². The summed E-state index contributed by atoms with van der Waals surface area (Å²) in [7, 11) is 3.24. The second-order valence-electron chi connectivity index (χ2n) is 5.81. The van der Waals surface area contributed by atoms with E-state index in [-0.39, 0.29) is 16.6 Å². The van der Waals surface area contributed by atoms with Gasteiger partial charge >= 0.3 is 0 Å². The van der Waals surface area contributed by atoms with Crippen molar-refractivity contribution in [2.24, 2.45) is 13.0 Å². The van der Waals surface area contributed by atoms with Crippen molar-refractivity contribution in [1.29, 1.82) is 0 Å². The summed E-state index contributed by atoms with van der Waals surface area (Å²) in [6.45, 7) is 4.24. The first-order chi connectivity index (χ1) is 10.9. The van der Waals surface area contributed by atoms with Crippen molar-refractivity contribution in [3.05, 3.63) is 51.4 Å². The van der Waals surface area contributed by atoms with Crippen molar-refractivity contribution >= 4 is 17.3 Å². The van der Waals surface area contributed by atoms with Crippen LogP contribution in [0.2, 0.25) is 5.02 Å². The first-order valence-corrected chi connectivity index (χ1v) is 7.92. The Kier molecular flexibility index (Phi) is 5.66. The number of aromatic nitrogens is 2. The molecule has 1 aromatic carbocycles. The number of hydrogen-bond acceptors (Lipinski definition) is 4. The van der Waals surface area contributed by atoms with Crippen LogP contribution < -0.4 is 15.6 Å². The second kappa shape index (κ2) is 7.51. The van der Waals surface area contributed by atoms with Crippen LogP contribution in [0.1, 0.15) is 19.4 Å². The summed E-state index contributed by atoms with van der Waals surface area (Å²) in [4.78, 5) is 11.9. The minimum atomic E-state index is -0.309. The van der Waals surface area contributed by atoms with Gasteiger partial charge in [-0.2, -0.15) is 5.10 Å². The molecule has 0 aliphatic heterocycles. The average Bonchev–Trinajstić information content (AvgIpc) is 2.54. The summed E-state index contributed by atoms with van der Waals surface area (Å²) in [6, 6.07) is 8.01. The normalized spacial score (nSPS) is 12.3. The lowest BCUT2D eigenvalue weighted by Crippen LogP contribution is -2.30. The highest BCUT2D eigenvalue weighted by molar-refractivity contribution is 6.32. The van der Waals surface area contributed by atoms with Crippen LogP contribution in [0.3, 0.4) is 0 Å². The SMILES string of the molecule is COc1ccccc1CC(Nc1cnn(C)c(=O)c1Cl)C(C)C. The number of aryl methyl sites for hydroxylation is 1. The van der Waals surface area contributed by atoms with E-state index in [9.17, 15) is 4.79 Å². The van der Waals surface area contributed by atoms with Crippen LogP contribution >= 0.6 is 11.6 Å². The third-order valence-electron chi connectivity index (χ3n) is 3.86. The average molecular weight is 336 g/mol. The molecular weight excluding hydrogens is 314 g/mol. The molecule has 124 valence electrons. The van der Waals surface area contributed by atoms with E-state index in [4.69, 9.17) is 16.3 Å². The molecule has 23 heavy (non-hydrogen) atoms. The Morgan fingerprint density at radius 3 is 2.70 bits per heavy atom. The Labute approximate surface area is 141 Å². The van der Waals surface area contributed by atoms with Crippen LogP contribution in [0.4, 0.5) is 5.69 Å². The fourth-order valence-electron chi connectivity index (χ4n) is 2.37. The standard InChI is InChI=1S/C17H22ClN3O2/c1-11(2)13(9-12-7-5-6-8-15(12)23-4)20-14-10-19-21(3)17(22)16(14)18/h5-8,10-11,13,20H,9H2,1-4H3. The molecule has 0 spiro atoms. The summed E-state index contributed by atoms with van der Waals surface area (Å²) in [5.74, 6) is 1.19. The molecule has 1 unspecified atom stereocenters. The minimum Gasteiger partial charge on any atom is -0.496 e. The minimum absolute atomic E-state index is 0.0951. The van der Waals surface area contributed by atoms with E-state index in [0.29, 0.717) is 11.6 Å². The van der Waals surface area contributed by atoms with Gasteiger partial charge in [0.2, 0.25) is 0 Å². The summed E-state index contributed by atoms with van der Waals surface area (Å²) in [5.41, 5.74) is 1.36. The monoisotopic (exact) mass is 335 g/mol. The summed E-state index contributed by atoms with van der Waals surface area (Å²) >= 11 is 6.15. The van der Waals surface area contributed by atoms with E-state index in [1.54, 1.807) is 20.4 Å². The van der Waals surface area contributed by atoms with E-state index in [1.165, 1.54) is 4.68 Å². The smallest absolute Gasteiger partial charge is 0.287 e. The number of para-hydroxylation sites is 1. The van der Waals surface area contributed by atoms with Gasteiger partial charge in [-0.05, 0) is 24.0 Å². The summed E-state index contributed by atoms with van der Waals surface area (Å²) < 4.78 is 6.64. The highest BCUT2D eigenvalue weighted by Gasteiger charge is 2.18. The molecule has 0 aliphatic rings. The van der Waals surface area contributed by atoms with E-state index in [2.05, 4.69) is 24.3 Å². The number of halogens is 1. The molecule has 0 aliphatic carbocycles. The van der Waals surface area contributed by atoms with E-state index < -0.39 is 0 Å². The molecule has 1 N–H and O–H groups in total. The molecule has 1 heterocycles.